The summed E-state index contributed by atoms with van der Waals surface area (Å²) in [6, 6.07) is 15.8. The first-order valence-electron chi connectivity index (χ1n) is 12.6. The first kappa shape index (κ1) is 32.5. The lowest BCUT2D eigenvalue weighted by Crippen LogP contribution is -2.54. The fraction of sp³-hybridized carbons (Fsp3) is 0.310. The van der Waals surface area contributed by atoms with Crippen LogP contribution in [0.2, 0.25) is 15.1 Å². The number of hydrogen-bond donors (Lipinski definition) is 1. The van der Waals surface area contributed by atoms with E-state index in [1.807, 2.05) is 20.8 Å². The quantitative estimate of drug-likeness (QED) is 0.286. The number of anilines is 1. The molecule has 3 rings (SSSR count). The van der Waals surface area contributed by atoms with E-state index in [1.165, 1.54) is 60.5 Å². The van der Waals surface area contributed by atoms with Gasteiger partial charge in [-0.1, -0.05) is 40.9 Å². The maximum Gasteiger partial charge on any atom is 0.264 e. The van der Waals surface area contributed by atoms with Gasteiger partial charge in [0.05, 0.1) is 27.7 Å². The molecule has 12 heteroatoms. The Bertz CT molecular complexity index is 1490. The lowest BCUT2D eigenvalue weighted by molar-refractivity contribution is -0.140. The van der Waals surface area contributed by atoms with Crippen molar-refractivity contribution in [2.75, 3.05) is 18.0 Å². The molecular weight excluding hydrogens is 609 g/mol. The Balaban J connectivity index is 2.05. The number of benzene rings is 3. The minimum Gasteiger partial charge on any atom is -0.497 e. The molecule has 0 heterocycles. The second kappa shape index (κ2) is 13.3. The van der Waals surface area contributed by atoms with Crippen LogP contribution in [-0.2, 0) is 26.2 Å². The minimum atomic E-state index is -4.23. The van der Waals surface area contributed by atoms with Crippen molar-refractivity contribution < 1.29 is 22.7 Å². The maximum absolute atomic E-state index is 14.0. The number of carbonyl (C=O) groups excluding carboxylic acids is 2. The fourth-order valence-corrected chi connectivity index (χ4v) is 5.76. The van der Waals surface area contributed by atoms with Crippen LogP contribution in [0.1, 0.15) is 33.3 Å². The molecule has 1 atom stereocenters. The Morgan fingerprint density at radius 1 is 0.927 bits per heavy atom. The van der Waals surface area contributed by atoms with Crippen molar-refractivity contribution in [1.82, 2.24) is 10.2 Å². The zero-order valence-corrected chi connectivity index (χ0v) is 26.4. The van der Waals surface area contributed by atoms with Gasteiger partial charge in [-0.2, -0.15) is 0 Å². The topological polar surface area (TPSA) is 96.0 Å². The molecule has 8 nitrogen and oxygen atoms in total. The first-order valence-corrected chi connectivity index (χ1v) is 15.2. The van der Waals surface area contributed by atoms with E-state index in [-0.39, 0.29) is 22.2 Å². The minimum absolute atomic E-state index is 0.0223. The van der Waals surface area contributed by atoms with Crippen molar-refractivity contribution in [3.8, 4) is 5.75 Å². The average molecular weight is 641 g/mol. The van der Waals surface area contributed by atoms with Crippen LogP contribution in [0.4, 0.5) is 5.69 Å². The van der Waals surface area contributed by atoms with Crippen molar-refractivity contribution in [2.45, 2.75) is 50.7 Å². The Labute approximate surface area is 256 Å². The van der Waals surface area contributed by atoms with Gasteiger partial charge in [-0.15, -0.1) is 0 Å². The molecule has 41 heavy (non-hydrogen) atoms. The first-order chi connectivity index (χ1) is 19.1. The number of hydrogen-bond acceptors (Lipinski definition) is 5. The molecular formula is C29H32Cl3N3O5S. The summed E-state index contributed by atoms with van der Waals surface area (Å²) in [7, 11) is -2.76. The summed E-state index contributed by atoms with van der Waals surface area (Å²) >= 11 is 18.3. The summed E-state index contributed by atoms with van der Waals surface area (Å²) in [5.74, 6) is -0.536. The highest BCUT2D eigenvalue weighted by Crippen LogP contribution is 2.28. The monoisotopic (exact) mass is 639 g/mol. The molecule has 0 fully saturated rings. The van der Waals surface area contributed by atoms with E-state index in [0.29, 0.717) is 21.4 Å². The van der Waals surface area contributed by atoms with E-state index in [1.54, 1.807) is 25.1 Å². The van der Waals surface area contributed by atoms with Crippen LogP contribution in [0, 0.1) is 0 Å². The van der Waals surface area contributed by atoms with E-state index in [4.69, 9.17) is 39.5 Å². The number of methoxy groups -OCH3 is 1. The molecule has 3 aromatic carbocycles. The predicted molar refractivity (Wildman–Crippen MR) is 163 cm³/mol. The normalized spacial score (nSPS) is 12.4. The van der Waals surface area contributed by atoms with Crippen molar-refractivity contribution in [2.24, 2.45) is 0 Å². The van der Waals surface area contributed by atoms with E-state index in [2.05, 4.69) is 5.32 Å². The largest absolute Gasteiger partial charge is 0.497 e. The highest BCUT2D eigenvalue weighted by atomic mass is 35.5. The van der Waals surface area contributed by atoms with Gasteiger partial charge in [0.25, 0.3) is 10.0 Å². The number of nitrogens with one attached hydrogen (secondary N) is 1. The van der Waals surface area contributed by atoms with Gasteiger partial charge in [-0.25, -0.2) is 8.42 Å². The number of amides is 2. The van der Waals surface area contributed by atoms with Gasteiger partial charge in [-0.05, 0) is 93.9 Å². The molecule has 0 aliphatic carbocycles. The second-order valence-electron chi connectivity index (χ2n) is 10.3. The van der Waals surface area contributed by atoms with Crippen LogP contribution in [0.5, 0.6) is 5.75 Å². The average Bonchev–Trinajstić information content (AvgIpc) is 2.91. The maximum atomic E-state index is 14.0. The van der Waals surface area contributed by atoms with Crippen LogP contribution in [0.25, 0.3) is 0 Å². The molecule has 0 aromatic heterocycles. The summed E-state index contributed by atoms with van der Waals surface area (Å²) in [4.78, 5) is 28.4. The van der Waals surface area contributed by atoms with Crippen LogP contribution < -0.4 is 14.4 Å². The summed E-state index contributed by atoms with van der Waals surface area (Å²) < 4.78 is 33.9. The highest BCUT2D eigenvalue weighted by Gasteiger charge is 2.33. The lowest BCUT2D eigenvalue weighted by atomic mass is 10.1. The molecule has 220 valence electrons. The third-order valence-corrected chi connectivity index (χ3v) is 8.82. The molecule has 0 spiro atoms. The van der Waals surface area contributed by atoms with Gasteiger partial charge < -0.3 is 15.0 Å². The number of ether oxygens (including phenoxy) is 1. The summed E-state index contributed by atoms with van der Waals surface area (Å²) in [5.41, 5.74) is 0.274. The molecule has 0 bridgehead atoms. The molecule has 0 saturated heterocycles. The highest BCUT2D eigenvalue weighted by molar-refractivity contribution is 7.92. The summed E-state index contributed by atoms with van der Waals surface area (Å²) in [5, 5.41) is 3.90. The molecule has 3 aromatic rings. The smallest absolute Gasteiger partial charge is 0.264 e. The molecule has 0 aliphatic heterocycles. The van der Waals surface area contributed by atoms with Crippen molar-refractivity contribution in [1.29, 1.82) is 0 Å². The van der Waals surface area contributed by atoms with Crippen LogP contribution in [0.3, 0.4) is 0 Å². The predicted octanol–water partition coefficient (Wildman–Crippen LogP) is 6.18. The zero-order valence-electron chi connectivity index (χ0n) is 23.3. The number of halogens is 3. The molecule has 2 amide bonds. The van der Waals surface area contributed by atoms with Crippen LogP contribution >= 0.6 is 34.8 Å². The van der Waals surface area contributed by atoms with Crippen molar-refractivity contribution in [3.63, 3.8) is 0 Å². The third kappa shape index (κ3) is 8.52. The van der Waals surface area contributed by atoms with Crippen molar-refractivity contribution >= 4 is 62.3 Å². The molecule has 0 aliphatic rings. The number of nitrogens with zero attached hydrogens (tertiary/aromatic N) is 2. The van der Waals surface area contributed by atoms with Crippen LogP contribution in [0.15, 0.2) is 71.6 Å². The lowest BCUT2D eigenvalue weighted by Gasteiger charge is -2.33. The van der Waals surface area contributed by atoms with Gasteiger partial charge in [0.2, 0.25) is 11.8 Å². The van der Waals surface area contributed by atoms with Gasteiger partial charge in [0.1, 0.15) is 18.3 Å². The second-order valence-corrected chi connectivity index (χ2v) is 13.5. The van der Waals surface area contributed by atoms with E-state index >= 15 is 0 Å². The van der Waals surface area contributed by atoms with Gasteiger partial charge in [0.15, 0.2) is 0 Å². The fourth-order valence-electron chi connectivity index (χ4n) is 3.90. The third-order valence-electron chi connectivity index (χ3n) is 6.04. The standard InChI is InChI=1S/C29H32Cl3N3O5S/c1-19(28(37)33-29(2,3)4)34(17-20-6-15-25(31)26(32)16-20)27(36)18-35(22-9-7-21(30)8-10-22)41(38,39)24-13-11-23(40-5)12-14-24/h6-16,19H,17-18H2,1-5H3,(H,33,37)/t19-/m1/s1. The van der Waals surface area contributed by atoms with Crippen LogP contribution in [-0.4, -0.2) is 50.4 Å². The zero-order chi connectivity index (χ0) is 30.5. The van der Waals surface area contributed by atoms with E-state index < -0.39 is 40.0 Å². The SMILES string of the molecule is COc1ccc(S(=O)(=O)N(CC(=O)N(Cc2ccc(Cl)c(Cl)c2)[C@H](C)C(=O)NC(C)(C)C)c2ccc(Cl)cc2)cc1. The number of rotatable bonds is 10. The summed E-state index contributed by atoms with van der Waals surface area (Å²) in [6.07, 6.45) is 0. The van der Waals surface area contributed by atoms with E-state index in [0.717, 1.165) is 4.31 Å². The number of sulfonamides is 1. The Morgan fingerprint density at radius 3 is 2.07 bits per heavy atom. The number of carbonyl (C=O) groups is 2. The van der Waals surface area contributed by atoms with Gasteiger partial charge >= 0.3 is 0 Å². The molecule has 1 N–H and O–H groups in total. The van der Waals surface area contributed by atoms with E-state index in [9.17, 15) is 18.0 Å². The van der Waals surface area contributed by atoms with Gasteiger partial charge in [0, 0.05) is 17.1 Å². The van der Waals surface area contributed by atoms with Gasteiger partial charge in [-0.3, -0.25) is 13.9 Å². The molecule has 0 saturated carbocycles. The Kier molecular flexibility index (Phi) is 10.6. The molecule has 0 radical (unpaired) electrons. The Morgan fingerprint density at radius 2 is 1.54 bits per heavy atom. The Hall–Kier alpha value is -2.98. The molecule has 0 unspecified atom stereocenters. The van der Waals surface area contributed by atoms with Crippen molar-refractivity contribution in [3.05, 3.63) is 87.4 Å². The summed E-state index contributed by atoms with van der Waals surface area (Å²) in [6.45, 7) is 6.45.